The quantitative estimate of drug-likeness (QED) is 0.578. The molecule has 0 fully saturated rings. The number of anilines is 1. The number of aromatic nitrogens is 2. The summed E-state index contributed by atoms with van der Waals surface area (Å²) in [6, 6.07) is 10.6. The molecule has 1 aliphatic heterocycles. The van der Waals surface area contributed by atoms with E-state index in [2.05, 4.69) is 36.3 Å². The molecule has 0 saturated carbocycles. The van der Waals surface area contributed by atoms with Crippen molar-refractivity contribution in [1.82, 2.24) is 15.1 Å². The SMILES string of the molecule is CC1(C)c2[nH]nc(NC(=O)c3ccc(Br)cc3)c2CN1Cc1cc(F)cc(F)c1. The highest BCUT2D eigenvalue weighted by molar-refractivity contribution is 9.10. The smallest absolute Gasteiger partial charge is 0.256 e. The summed E-state index contributed by atoms with van der Waals surface area (Å²) in [5, 5.41) is 10.1. The minimum absolute atomic E-state index is 0.254. The van der Waals surface area contributed by atoms with Crippen LogP contribution in [0.4, 0.5) is 14.6 Å². The monoisotopic (exact) mass is 460 g/mol. The first kappa shape index (κ1) is 19.7. The predicted octanol–water partition coefficient (Wildman–Crippen LogP) is 4.95. The number of halogens is 3. The zero-order chi connectivity index (χ0) is 20.8. The molecule has 4 rings (SSSR count). The third kappa shape index (κ3) is 3.82. The van der Waals surface area contributed by atoms with Crippen molar-refractivity contribution in [3.63, 3.8) is 0 Å². The van der Waals surface area contributed by atoms with E-state index in [0.717, 1.165) is 21.8 Å². The fourth-order valence-electron chi connectivity index (χ4n) is 3.63. The van der Waals surface area contributed by atoms with Crippen molar-refractivity contribution in [3.8, 4) is 0 Å². The number of hydrogen-bond donors (Lipinski definition) is 2. The van der Waals surface area contributed by atoms with Gasteiger partial charge in [0.25, 0.3) is 5.91 Å². The average Bonchev–Trinajstić information content (AvgIpc) is 3.14. The Bertz CT molecular complexity index is 1060. The van der Waals surface area contributed by atoms with Crippen molar-refractivity contribution >= 4 is 27.7 Å². The van der Waals surface area contributed by atoms with E-state index < -0.39 is 17.2 Å². The number of rotatable bonds is 4. The molecule has 0 spiro atoms. The predicted molar refractivity (Wildman–Crippen MR) is 109 cm³/mol. The van der Waals surface area contributed by atoms with Crippen LogP contribution < -0.4 is 5.32 Å². The van der Waals surface area contributed by atoms with Gasteiger partial charge in [0.2, 0.25) is 0 Å². The first-order valence-corrected chi connectivity index (χ1v) is 9.88. The second-order valence-electron chi connectivity index (χ2n) is 7.58. The van der Waals surface area contributed by atoms with Crippen molar-refractivity contribution < 1.29 is 13.6 Å². The van der Waals surface area contributed by atoms with Crippen molar-refractivity contribution in [2.45, 2.75) is 32.5 Å². The largest absolute Gasteiger partial charge is 0.305 e. The van der Waals surface area contributed by atoms with Gasteiger partial charge in [-0.15, -0.1) is 0 Å². The second kappa shape index (κ2) is 7.35. The fraction of sp³-hybridized carbons (Fsp3) is 0.238. The third-order valence-corrected chi connectivity index (χ3v) is 5.78. The summed E-state index contributed by atoms with van der Waals surface area (Å²) in [4.78, 5) is 14.6. The summed E-state index contributed by atoms with van der Waals surface area (Å²) in [7, 11) is 0. The van der Waals surface area contributed by atoms with Crippen molar-refractivity contribution in [3.05, 3.63) is 81.0 Å². The van der Waals surface area contributed by atoms with E-state index in [1.807, 2.05) is 13.8 Å². The van der Waals surface area contributed by atoms with Crippen LogP contribution in [0.15, 0.2) is 46.9 Å². The number of H-pyrrole nitrogens is 1. The number of amides is 1. The molecule has 0 saturated heterocycles. The minimum atomic E-state index is -0.598. The molecule has 29 heavy (non-hydrogen) atoms. The first-order chi connectivity index (χ1) is 13.7. The van der Waals surface area contributed by atoms with E-state index in [1.54, 1.807) is 24.3 Å². The standard InChI is InChI=1S/C21H19BrF2N4O/c1-21(2)18-17(11-28(21)10-12-7-15(23)9-16(24)8-12)19(27-26-18)25-20(29)13-3-5-14(22)6-4-13/h3-9H,10-11H2,1-2H3,(H2,25,26,27,29). The van der Waals surface area contributed by atoms with Crippen molar-refractivity contribution in [1.29, 1.82) is 0 Å². The number of hydrogen-bond acceptors (Lipinski definition) is 3. The molecule has 0 aliphatic carbocycles. The van der Waals surface area contributed by atoms with E-state index in [1.165, 1.54) is 12.1 Å². The molecule has 5 nitrogen and oxygen atoms in total. The molecular formula is C21H19BrF2N4O. The number of nitrogens with one attached hydrogen (secondary N) is 2. The zero-order valence-electron chi connectivity index (χ0n) is 15.9. The molecule has 8 heteroatoms. The van der Waals surface area contributed by atoms with E-state index >= 15 is 0 Å². The van der Waals surface area contributed by atoms with Gasteiger partial charge in [0.15, 0.2) is 5.82 Å². The van der Waals surface area contributed by atoms with E-state index in [0.29, 0.717) is 30.0 Å². The normalized spacial score (nSPS) is 15.3. The zero-order valence-corrected chi connectivity index (χ0v) is 17.5. The molecule has 2 aromatic carbocycles. The number of nitrogens with zero attached hydrogens (tertiary/aromatic N) is 2. The molecule has 2 heterocycles. The number of carbonyl (C=O) groups excluding carboxylic acids is 1. The highest BCUT2D eigenvalue weighted by Crippen LogP contribution is 2.41. The minimum Gasteiger partial charge on any atom is -0.305 e. The second-order valence-corrected chi connectivity index (χ2v) is 8.50. The van der Waals surface area contributed by atoms with Gasteiger partial charge in [-0.05, 0) is 55.8 Å². The Hall–Kier alpha value is -2.58. The summed E-state index contributed by atoms with van der Waals surface area (Å²) in [6.07, 6.45) is 0. The van der Waals surface area contributed by atoms with Crippen molar-refractivity contribution in [2.24, 2.45) is 0 Å². The highest BCUT2D eigenvalue weighted by atomic mass is 79.9. The van der Waals surface area contributed by atoms with Gasteiger partial charge >= 0.3 is 0 Å². The molecule has 0 bridgehead atoms. The lowest BCUT2D eigenvalue weighted by Crippen LogP contribution is -2.35. The summed E-state index contributed by atoms with van der Waals surface area (Å²) in [5.74, 6) is -0.983. The van der Waals surface area contributed by atoms with E-state index in [9.17, 15) is 13.6 Å². The Morgan fingerprint density at radius 3 is 2.52 bits per heavy atom. The molecular weight excluding hydrogens is 442 g/mol. The Morgan fingerprint density at radius 1 is 1.21 bits per heavy atom. The third-order valence-electron chi connectivity index (χ3n) is 5.25. The maximum absolute atomic E-state index is 13.6. The first-order valence-electron chi connectivity index (χ1n) is 9.08. The number of fused-ring (bicyclic) bond motifs is 1. The molecule has 0 atom stereocenters. The molecule has 1 aromatic heterocycles. The highest BCUT2D eigenvalue weighted by Gasteiger charge is 2.41. The van der Waals surface area contributed by atoms with Crippen LogP contribution in [0.25, 0.3) is 0 Å². The molecule has 1 amide bonds. The lowest BCUT2D eigenvalue weighted by Gasteiger charge is -2.31. The van der Waals surface area contributed by atoms with E-state index in [4.69, 9.17) is 0 Å². The lowest BCUT2D eigenvalue weighted by molar-refractivity contribution is 0.102. The molecule has 0 radical (unpaired) electrons. The number of carbonyl (C=O) groups is 1. The van der Waals surface area contributed by atoms with Gasteiger partial charge in [-0.1, -0.05) is 15.9 Å². The molecule has 0 unspecified atom stereocenters. The molecule has 3 aromatic rings. The Kier molecular flexibility index (Phi) is 5.00. The topological polar surface area (TPSA) is 61.0 Å². The Balaban J connectivity index is 1.55. The van der Waals surface area contributed by atoms with Crippen LogP contribution in [0.5, 0.6) is 0 Å². The Labute approximate surface area is 175 Å². The van der Waals surface area contributed by atoms with Crippen LogP contribution >= 0.6 is 15.9 Å². The molecule has 1 aliphatic rings. The fourth-order valence-corrected chi connectivity index (χ4v) is 3.90. The van der Waals surface area contributed by atoms with Crippen LogP contribution in [0.2, 0.25) is 0 Å². The average molecular weight is 461 g/mol. The van der Waals surface area contributed by atoms with Crippen molar-refractivity contribution in [2.75, 3.05) is 5.32 Å². The van der Waals surface area contributed by atoms with Crippen LogP contribution in [-0.2, 0) is 18.6 Å². The Morgan fingerprint density at radius 2 is 1.86 bits per heavy atom. The summed E-state index contributed by atoms with van der Waals surface area (Å²) >= 11 is 3.35. The van der Waals surface area contributed by atoms with Crippen LogP contribution in [0.3, 0.4) is 0 Å². The maximum atomic E-state index is 13.6. The van der Waals surface area contributed by atoms with Crippen LogP contribution in [0.1, 0.15) is 41.0 Å². The summed E-state index contributed by atoms with van der Waals surface area (Å²) in [6.45, 7) is 4.87. The van der Waals surface area contributed by atoms with Gasteiger partial charge in [-0.25, -0.2) is 8.78 Å². The van der Waals surface area contributed by atoms with Gasteiger partial charge < -0.3 is 5.32 Å². The lowest BCUT2D eigenvalue weighted by atomic mass is 10.00. The van der Waals surface area contributed by atoms with Gasteiger partial charge in [0.1, 0.15) is 11.6 Å². The summed E-state index contributed by atoms with van der Waals surface area (Å²) in [5.41, 5.74) is 2.38. The van der Waals surface area contributed by atoms with Gasteiger partial charge in [-0.3, -0.25) is 14.8 Å². The number of benzene rings is 2. The van der Waals surface area contributed by atoms with Gasteiger partial charge in [0, 0.05) is 34.8 Å². The summed E-state index contributed by atoms with van der Waals surface area (Å²) < 4.78 is 28.0. The van der Waals surface area contributed by atoms with Gasteiger partial charge in [-0.2, -0.15) is 5.10 Å². The van der Waals surface area contributed by atoms with Crippen LogP contribution in [0, 0.1) is 11.6 Å². The molecule has 2 N–H and O–H groups in total. The van der Waals surface area contributed by atoms with E-state index in [-0.39, 0.29) is 5.91 Å². The van der Waals surface area contributed by atoms with Crippen LogP contribution in [-0.4, -0.2) is 21.0 Å². The van der Waals surface area contributed by atoms with Gasteiger partial charge in [0.05, 0.1) is 11.2 Å². The number of aromatic amines is 1. The molecule has 150 valence electrons. The maximum Gasteiger partial charge on any atom is 0.256 e.